The molecule has 2 saturated heterocycles. The molecule has 2 aromatic carbocycles. The number of esters is 1. The zero-order chi connectivity index (χ0) is 24.4. The fraction of sp³-hybridized carbons (Fsp3) is 0.273. The van der Waals surface area contributed by atoms with Crippen LogP contribution in [-0.2, 0) is 19.1 Å². The van der Waals surface area contributed by atoms with E-state index in [1.54, 1.807) is 24.3 Å². The van der Waals surface area contributed by atoms with Gasteiger partial charge in [0, 0.05) is 30.8 Å². The van der Waals surface area contributed by atoms with E-state index in [0.29, 0.717) is 10.7 Å². The molecule has 2 atom stereocenters. The number of anilines is 3. The van der Waals surface area contributed by atoms with Gasteiger partial charge in [0.25, 0.3) is 0 Å². The summed E-state index contributed by atoms with van der Waals surface area (Å²) >= 11 is 5.86. The maximum Gasteiger partial charge on any atom is 0.422 e. The molecule has 0 spiro atoms. The van der Waals surface area contributed by atoms with Crippen molar-refractivity contribution in [2.75, 3.05) is 35.7 Å². The van der Waals surface area contributed by atoms with Gasteiger partial charge in [-0.05, 0) is 42.5 Å². The van der Waals surface area contributed by atoms with Crippen molar-refractivity contribution in [1.29, 1.82) is 0 Å². The summed E-state index contributed by atoms with van der Waals surface area (Å²) in [4.78, 5) is 51.0. The fourth-order valence-corrected chi connectivity index (χ4v) is 3.86. The van der Waals surface area contributed by atoms with Crippen LogP contribution in [0.25, 0.3) is 0 Å². The SMILES string of the molecule is COC1CC(C(=O)Nc2ccc(N3CC(=O)OC3=O)cc2F)N(C(=O)Nc2ccc(Cl)cc2)C1. The minimum absolute atomic E-state index is 0.107. The van der Waals surface area contributed by atoms with Crippen molar-refractivity contribution in [2.24, 2.45) is 0 Å². The highest BCUT2D eigenvalue weighted by atomic mass is 35.5. The molecule has 4 rings (SSSR count). The van der Waals surface area contributed by atoms with Crippen LogP contribution in [0.3, 0.4) is 0 Å². The predicted molar refractivity (Wildman–Crippen MR) is 120 cm³/mol. The molecule has 2 aliphatic heterocycles. The number of carbonyl (C=O) groups excluding carboxylic acids is 4. The first-order valence-corrected chi connectivity index (χ1v) is 10.6. The molecule has 0 aromatic heterocycles. The molecule has 0 radical (unpaired) electrons. The highest BCUT2D eigenvalue weighted by molar-refractivity contribution is 6.30. The van der Waals surface area contributed by atoms with Crippen molar-refractivity contribution in [2.45, 2.75) is 18.6 Å². The van der Waals surface area contributed by atoms with Gasteiger partial charge in [0.1, 0.15) is 18.4 Å². The third-order valence-corrected chi connectivity index (χ3v) is 5.74. The Morgan fingerprint density at radius 2 is 1.88 bits per heavy atom. The second-order valence-electron chi connectivity index (χ2n) is 7.68. The standard InChI is InChI=1S/C22H20ClFN4O6/c1-33-15-9-18(28(10-15)21(31)25-13-4-2-12(23)3-5-13)20(30)26-17-7-6-14(8-16(17)24)27-11-19(29)34-22(27)32/h2-8,15,18H,9-11H2,1H3,(H,25,31)(H,26,30). The van der Waals surface area contributed by atoms with Crippen LogP contribution in [0, 0.1) is 5.82 Å². The summed E-state index contributed by atoms with van der Waals surface area (Å²) in [5.41, 5.74) is 0.456. The number of methoxy groups -OCH3 is 1. The summed E-state index contributed by atoms with van der Waals surface area (Å²) in [6, 6.07) is 8.70. The Bertz CT molecular complexity index is 1140. The van der Waals surface area contributed by atoms with Crippen molar-refractivity contribution in [1.82, 2.24) is 4.90 Å². The van der Waals surface area contributed by atoms with Crippen molar-refractivity contribution >= 4 is 52.7 Å². The van der Waals surface area contributed by atoms with Gasteiger partial charge in [0.15, 0.2) is 0 Å². The van der Waals surface area contributed by atoms with Gasteiger partial charge in [-0.15, -0.1) is 0 Å². The van der Waals surface area contributed by atoms with Crippen LogP contribution in [0.4, 0.5) is 31.0 Å². The van der Waals surface area contributed by atoms with Crippen LogP contribution in [0.1, 0.15) is 6.42 Å². The predicted octanol–water partition coefficient (Wildman–Crippen LogP) is 3.22. The van der Waals surface area contributed by atoms with Gasteiger partial charge in [-0.25, -0.2) is 18.8 Å². The number of amides is 4. The van der Waals surface area contributed by atoms with Gasteiger partial charge in [-0.2, -0.15) is 0 Å². The lowest BCUT2D eigenvalue weighted by Crippen LogP contribution is -2.45. The number of likely N-dealkylation sites (tertiary alicyclic amines) is 1. The second-order valence-corrected chi connectivity index (χ2v) is 8.11. The van der Waals surface area contributed by atoms with Gasteiger partial charge >= 0.3 is 18.1 Å². The van der Waals surface area contributed by atoms with Crippen LogP contribution in [-0.4, -0.2) is 61.2 Å². The Hall–Kier alpha value is -3.70. The van der Waals surface area contributed by atoms with E-state index in [9.17, 15) is 23.6 Å². The maximum absolute atomic E-state index is 14.7. The summed E-state index contributed by atoms with van der Waals surface area (Å²) in [7, 11) is 1.48. The summed E-state index contributed by atoms with van der Waals surface area (Å²) in [6.45, 7) is -0.164. The van der Waals surface area contributed by atoms with Crippen molar-refractivity contribution < 1.29 is 33.0 Å². The molecule has 0 aliphatic carbocycles. The number of hydrogen-bond acceptors (Lipinski definition) is 6. The first kappa shape index (κ1) is 23.5. The summed E-state index contributed by atoms with van der Waals surface area (Å²) in [6.07, 6.45) is -1.06. The van der Waals surface area contributed by atoms with Crippen LogP contribution >= 0.6 is 11.6 Å². The number of nitrogens with zero attached hydrogens (tertiary/aromatic N) is 2. The third kappa shape index (κ3) is 4.95. The molecule has 2 aliphatic rings. The Morgan fingerprint density at radius 3 is 2.50 bits per heavy atom. The van der Waals surface area contributed by atoms with Crippen LogP contribution in [0.2, 0.25) is 5.02 Å². The number of halogens is 2. The van der Waals surface area contributed by atoms with Gasteiger partial charge in [-0.3, -0.25) is 9.69 Å². The number of urea groups is 1. The number of hydrogen-bond donors (Lipinski definition) is 2. The Labute approximate surface area is 198 Å². The molecular weight excluding hydrogens is 471 g/mol. The lowest BCUT2D eigenvalue weighted by Gasteiger charge is -2.24. The molecule has 10 nitrogen and oxygen atoms in total. The van der Waals surface area contributed by atoms with E-state index in [0.717, 1.165) is 11.0 Å². The average Bonchev–Trinajstić information content (AvgIpc) is 3.39. The number of cyclic esters (lactones) is 2. The molecule has 2 fully saturated rings. The topological polar surface area (TPSA) is 117 Å². The molecule has 2 N–H and O–H groups in total. The van der Waals surface area contributed by atoms with Gasteiger partial charge in [0.05, 0.1) is 17.5 Å². The Kier molecular flexibility index (Phi) is 6.66. The highest BCUT2D eigenvalue weighted by Gasteiger charge is 2.40. The lowest BCUT2D eigenvalue weighted by atomic mass is 10.1. The van der Waals surface area contributed by atoms with E-state index in [1.165, 1.54) is 24.1 Å². The molecule has 2 unspecified atom stereocenters. The number of rotatable bonds is 5. The first-order chi connectivity index (χ1) is 16.2. The van der Waals surface area contributed by atoms with Gasteiger partial charge in [0.2, 0.25) is 5.91 Å². The minimum atomic E-state index is -0.914. The van der Waals surface area contributed by atoms with Crippen LogP contribution < -0.4 is 15.5 Å². The van der Waals surface area contributed by atoms with E-state index < -0.39 is 35.9 Å². The molecule has 0 bridgehead atoms. The second kappa shape index (κ2) is 9.65. The van der Waals surface area contributed by atoms with E-state index in [1.807, 2.05) is 0 Å². The molecule has 178 valence electrons. The molecule has 34 heavy (non-hydrogen) atoms. The largest absolute Gasteiger partial charge is 0.422 e. The quantitative estimate of drug-likeness (QED) is 0.491. The zero-order valence-corrected chi connectivity index (χ0v) is 18.7. The number of benzene rings is 2. The number of nitrogens with one attached hydrogen (secondary N) is 2. The zero-order valence-electron chi connectivity index (χ0n) is 17.9. The highest BCUT2D eigenvalue weighted by Crippen LogP contribution is 2.27. The first-order valence-electron chi connectivity index (χ1n) is 10.2. The molecule has 12 heteroatoms. The van der Waals surface area contributed by atoms with E-state index in [4.69, 9.17) is 16.3 Å². The summed E-state index contributed by atoms with van der Waals surface area (Å²) in [5, 5.41) is 5.70. The van der Waals surface area contributed by atoms with Crippen molar-refractivity contribution in [3.05, 3.63) is 53.3 Å². The Balaban J connectivity index is 1.47. The number of ether oxygens (including phenoxy) is 2. The molecule has 0 saturated carbocycles. The smallest absolute Gasteiger partial charge is 0.380 e. The lowest BCUT2D eigenvalue weighted by molar-refractivity contribution is -0.132. The Morgan fingerprint density at radius 1 is 1.15 bits per heavy atom. The molecule has 2 heterocycles. The van der Waals surface area contributed by atoms with E-state index >= 15 is 0 Å². The summed E-state index contributed by atoms with van der Waals surface area (Å²) < 4.78 is 24.4. The van der Waals surface area contributed by atoms with Crippen molar-refractivity contribution in [3.8, 4) is 0 Å². The van der Waals surface area contributed by atoms with E-state index in [-0.39, 0.29) is 37.0 Å². The summed E-state index contributed by atoms with van der Waals surface area (Å²) in [5.74, 6) is -2.17. The number of carbonyl (C=O) groups is 4. The monoisotopic (exact) mass is 490 g/mol. The third-order valence-electron chi connectivity index (χ3n) is 5.49. The van der Waals surface area contributed by atoms with Crippen LogP contribution in [0.15, 0.2) is 42.5 Å². The molecule has 2 aromatic rings. The van der Waals surface area contributed by atoms with Gasteiger partial charge in [-0.1, -0.05) is 11.6 Å². The minimum Gasteiger partial charge on any atom is -0.380 e. The van der Waals surface area contributed by atoms with Crippen molar-refractivity contribution in [3.63, 3.8) is 0 Å². The maximum atomic E-state index is 14.7. The fourth-order valence-electron chi connectivity index (χ4n) is 3.73. The van der Waals surface area contributed by atoms with E-state index in [2.05, 4.69) is 15.4 Å². The normalized spacial score (nSPS) is 19.9. The van der Waals surface area contributed by atoms with Crippen LogP contribution in [0.5, 0.6) is 0 Å². The van der Waals surface area contributed by atoms with Gasteiger partial charge < -0.3 is 25.0 Å². The molecular formula is C22H20ClFN4O6. The molecule has 4 amide bonds. The average molecular weight is 491 g/mol.